The second-order valence-electron chi connectivity index (χ2n) is 6.69. The molecule has 4 saturated heterocycles. The van der Waals surface area contributed by atoms with Crippen molar-refractivity contribution in [3.05, 3.63) is 0 Å². The first-order valence-electron chi connectivity index (χ1n) is 9.82. The molecule has 1 saturated carbocycles. The van der Waals surface area contributed by atoms with Gasteiger partial charge in [-0.15, -0.1) is 0 Å². The van der Waals surface area contributed by atoms with Crippen LogP contribution < -0.4 is 0 Å². The first-order chi connectivity index (χ1) is 11.4. The van der Waals surface area contributed by atoms with Crippen molar-refractivity contribution in [2.75, 3.05) is 0 Å². The van der Waals surface area contributed by atoms with Crippen LogP contribution in [-0.2, 0) is 19.2 Å². The Bertz CT molecular complexity index is 585. The maximum Gasteiger partial charge on any atom is 0.201 e. The summed E-state index contributed by atoms with van der Waals surface area (Å²) in [6.07, 6.45) is -1.93. The van der Waals surface area contributed by atoms with Gasteiger partial charge in [0.05, 0.1) is 1.37 Å². The highest BCUT2D eigenvalue weighted by Gasteiger charge is 2.69. The maximum absolute atomic E-state index is 10.6. The van der Waals surface area contributed by atoms with Gasteiger partial charge in [-0.05, 0) is 38.0 Å². The van der Waals surface area contributed by atoms with Crippen LogP contribution in [0.2, 0.25) is 0 Å². The number of ether oxygens (including phenoxy) is 2. The predicted octanol–water partition coefficient (Wildman–Crippen LogP) is 2.19. The van der Waals surface area contributed by atoms with E-state index < -0.39 is 42.6 Å². The Labute approximate surface area is 126 Å². The predicted molar refractivity (Wildman–Crippen MR) is 69.0 cm³/mol. The van der Waals surface area contributed by atoms with Gasteiger partial charge in [-0.1, -0.05) is 13.8 Å². The van der Waals surface area contributed by atoms with Crippen molar-refractivity contribution in [1.29, 1.82) is 0 Å². The van der Waals surface area contributed by atoms with E-state index >= 15 is 0 Å². The van der Waals surface area contributed by atoms with Gasteiger partial charge in [0.25, 0.3) is 0 Å². The molecule has 2 bridgehead atoms. The SMILES string of the molecule is [2H][C@]1(O)O[C@@H]2O[C@@]3(C)CC[C@H]4[C@H](C)CC[C@H]([C@@]24OO3)[C@@]1([2H])[13C]([2H])([2H])[2H]. The molecule has 4 heterocycles. The molecular weight excluding hydrogens is 261 g/mol. The molecule has 1 N–H and O–H groups in total. The van der Waals surface area contributed by atoms with Crippen molar-refractivity contribution >= 4 is 0 Å². The molecule has 8 atom stereocenters. The fourth-order valence-corrected chi connectivity index (χ4v) is 4.38. The van der Waals surface area contributed by atoms with Crippen LogP contribution in [0.1, 0.15) is 53.2 Å². The van der Waals surface area contributed by atoms with E-state index in [1.807, 2.05) is 0 Å². The molecule has 5 rings (SSSR count). The lowest BCUT2D eigenvalue weighted by molar-refractivity contribution is -0.576. The molecule has 114 valence electrons. The Kier molecular flexibility index (Phi) is 1.89. The number of rotatable bonds is 0. The van der Waals surface area contributed by atoms with E-state index in [0.29, 0.717) is 25.7 Å². The van der Waals surface area contributed by atoms with Crippen LogP contribution >= 0.6 is 0 Å². The maximum atomic E-state index is 10.6. The van der Waals surface area contributed by atoms with E-state index in [0.717, 1.165) is 0 Å². The van der Waals surface area contributed by atoms with Gasteiger partial charge in [0, 0.05) is 23.7 Å². The third-order valence-corrected chi connectivity index (χ3v) is 5.52. The normalized spacial score (nSPS) is 73.5. The minimum Gasteiger partial charge on any atom is -0.368 e. The molecule has 5 fully saturated rings. The largest absolute Gasteiger partial charge is 0.368 e. The van der Waals surface area contributed by atoms with Gasteiger partial charge in [-0.2, -0.15) is 0 Å². The number of fused-ring (bicyclic) bond motifs is 2. The zero-order valence-electron chi connectivity index (χ0n) is 16.7. The molecule has 0 aromatic rings. The Hall–Kier alpha value is -0.200. The minimum absolute atomic E-state index is 0.149. The van der Waals surface area contributed by atoms with E-state index in [-0.39, 0.29) is 11.8 Å². The molecule has 0 amide bonds. The summed E-state index contributed by atoms with van der Waals surface area (Å²) in [5, 5.41) is 10.6. The van der Waals surface area contributed by atoms with Gasteiger partial charge in [0.2, 0.25) is 5.79 Å². The van der Waals surface area contributed by atoms with Crippen molar-refractivity contribution in [1.82, 2.24) is 0 Å². The zero-order valence-corrected chi connectivity index (χ0v) is 11.7. The highest BCUT2D eigenvalue weighted by atomic mass is 17.3. The quantitative estimate of drug-likeness (QED) is 0.547. The molecule has 5 heteroatoms. The van der Waals surface area contributed by atoms with Gasteiger partial charge >= 0.3 is 0 Å². The monoisotopic (exact) mass is 290 g/mol. The average molecular weight is 290 g/mol. The zero-order chi connectivity index (χ0) is 18.5. The molecule has 1 aliphatic carbocycles. The molecule has 5 aliphatic rings. The van der Waals surface area contributed by atoms with E-state index in [1.54, 1.807) is 6.92 Å². The molecule has 0 radical (unpaired) electrons. The minimum atomic E-state index is -2.95. The first kappa shape index (κ1) is 9.06. The number of hydrogen-bond acceptors (Lipinski definition) is 5. The summed E-state index contributed by atoms with van der Waals surface area (Å²) in [6, 6.07) is 0. The lowest BCUT2D eigenvalue weighted by Gasteiger charge is -2.59. The second kappa shape index (κ2) is 4.17. The second-order valence-corrected chi connectivity index (χ2v) is 6.69. The summed E-state index contributed by atoms with van der Waals surface area (Å²) in [5.41, 5.74) is -1.32. The van der Waals surface area contributed by atoms with E-state index in [4.69, 9.17) is 26.1 Å². The summed E-state index contributed by atoms with van der Waals surface area (Å²) in [6.45, 7) is 0.796. The fraction of sp³-hybridized carbons (Fsp3) is 1.00. The average Bonchev–Trinajstić information content (AvgIpc) is 2.69. The van der Waals surface area contributed by atoms with Crippen molar-refractivity contribution in [3.63, 3.8) is 0 Å². The van der Waals surface area contributed by atoms with Gasteiger partial charge in [0.1, 0.15) is 0 Å². The fourth-order valence-electron chi connectivity index (χ4n) is 4.38. The molecule has 20 heavy (non-hydrogen) atoms. The molecule has 0 unspecified atom stereocenters. The standard InChI is InChI=1S/C15H24O5/c1-8-4-5-11-9(2)12(16)17-13-15(11)10(8)6-7-14(3,18-13)19-20-15/h8-13,16H,4-7H2,1-3H3/t8-,9-,10+,11+,12+,13-,14-,15-/m1/s1/i2+1D3,9D,12D. The van der Waals surface area contributed by atoms with Gasteiger partial charge in [0.15, 0.2) is 18.2 Å². The highest BCUT2D eigenvalue weighted by molar-refractivity contribution is 5.08. The highest BCUT2D eigenvalue weighted by Crippen LogP contribution is 2.60. The van der Waals surface area contributed by atoms with Crippen LogP contribution in [0.15, 0.2) is 0 Å². The van der Waals surface area contributed by atoms with Crippen LogP contribution in [-0.4, -0.2) is 29.1 Å². The Morgan fingerprint density at radius 2 is 2.10 bits per heavy atom. The summed E-state index contributed by atoms with van der Waals surface area (Å²) in [7, 11) is 0. The Morgan fingerprint density at radius 1 is 1.25 bits per heavy atom. The van der Waals surface area contributed by atoms with E-state index in [1.165, 1.54) is 0 Å². The molecular formula is C15H24O5. The topological polar surface area (TPSA) is 57.2 Å². The third-order valence-electron chi connectivity index (χ3n) is 5.52. The van der Waals surface area contributed by atoms with Crippen LogP contribution in [0.5, 0.6) is 0 Å². The van der Waals surface area contributed by atoms with Crippen molar-refractivity contribution in [2.24, 2.45) is 23.6 Å². The Morgan fingerprint density at radius 3 is 2.90 bits per heavy atom. The lowest BCUT2D eigenvalue weighted by Crippen LogP contribution is -2.70. The Balaban J connectivity index is 1.92. The summed E-state index contributed by atoms with van der Waals surface area (Å²) in [5.74, 6) is -4.62. The molecule has 1 spiro atoms. The summed E-state index contributed by atoms with van der Waals surface area (Å²) < 4.78 is 51.8. The van der Waals surface area contributed by atoms with Gasteiger partial charge in [-0.25, -0.2) is 9.78 Å². The third kappa shape index (κ3) is 1.56. The number of aliphatic hydroxyl groups is 1. The lowest BCUT2D eigenvalue weighted by atomic mass is 9.59. The van der Waals surface area contributed by atoms with Crippen molar-refractivity contribution in [2.45, 2.75) is 70.3 Å². The van der Waals surface area contributed by atoms with Crippen LogP contribution in [0.4, 0.5) is 0 Å². The van der Waals surface area contributed by atoms with Crippen molar-refractivity contribution in [3.8, 4) is 0 Å². The summed E-state index contributed by atoms with van der Waals surface area (Å²) in [4.78, 5) is 11.3. The van der Waals surface area contributed by atoms with Crippen LogP contribution in [0, 0.1) is 23.6 Å². The van der Waals surface area contributed by atoms with E-state index in [9.17, 15) is 5.11 Å². The molecule has 0 aromatic carbocycles. The molecule has 5 nitrogen and oxygen atoms in total. The van der Waals surface area contributed by atoms with Gasteiger partial charge < -0.3 is 14.6 Å². The smallest absolute Gasteiger partial charge is 0.201 e. The van der Waals surface area contributed by atoms with Crippen LogP contribution in [0.3, 0.4) is 0 Å². The van der Waals surface area contributed by atoms with Crippen LogP contribution in [0.25, 0.3) is 0 Å². The van der Waals surface area contributed by atoms with E-state index in [2.05, 4.69) is 6.92 Å². The molecule has 4 aliphatic heterocycles. The summed E-state index contributed by atoms with van der Waals surface area (Å²) >= 11 is 0. The molecule has 0 aromatic heterocycles. The number of hydrogen-bond donors (Lipinski definition) is 1. The van der Waals surface area contributed by atoms with Gasteiger partial charge in [-0.3, -0.25) is 0 Å². The first-order valence-corrected chi connectivity index (χ1v) is 7.32. The van der Waals surface area contributed by atoms with Crippen molar-refractivity contribution < 1.29 is 31.2 Å².